The minimum Gasteiger partial charge on any atom is -0.348 e. The zero-order chi connectivity index (χ0) is 13.5. The Hall–Kier alpha value is -2.58. The van der Waals surface area contributed by atoms with Gasteiger partial charge in [0.2, 0.25) is 0 Å². The highest BCUT2D eigenvalue weighted by atomic mass is 16.1. The fourth-order valence-corrected chi connectivity index (χ4v) is 1.55. The molecular weight excluding hydrogens is 240 g/mol. The zero-order valence-electron chi connectivity index (χ0n) is 10.3. The van der Waals surface area contributed by atoms with Crippen molar-refractivity contribution in [3.05, 3.63) is 53.3 Å². The summed E-state index contributed by atoms with van der Waals surface area (Å²) in [5.41, 5.74) is 7.59. The first-order valence-electron chi connectivity index (χ1n) is 5.84. The van der Waals surface area contributed by atoms with Crippen molar-refractivity contribution in [2.45, 2.75) is 6.54 Å². The lowest BCUT2D eigenvalue weighted by Crippen LogP contribution is -2.22. The molecule has 0 unspecified atom stereocenters. The number of amides is 1. The van der Waals surface area contributed by atoms with Gasteiger partial charge in [0, 0.05) is 29.4 Å². The maximum atomic E-state index is 12.0. The monoisotopic (exact) mass is 254 g/mol. The smallest absolute Gasteiger partial charge is 0.251 e. The van der Waals surface area contributed by atoms with Gasteiger partial charge in [0.05, 0.1) is 12.7 Å². The van der Waals surface area contributed by atoms with Gasteiger partial charge in [-0.3, -0.25) is 9.89 Å². The van der Waals surface area contributed by atoms with E-state index >= 15 is 0 Å². The molecular formula is C14H14N4O. The van der Waals surface area contributed by atoms with Crippen LogP contribution < -0.4 is 11.1 Å². The summed E-state index contributed by atoms with van der Waals surface area (Å²) in [4.78, 5) is 12.0. The molecule has 0 saturated carbocycles. The number of carbonyl (C=O) groups excluding carboxylic acids is 1. The summed E-state index contributed by atoms with van der Waals surface area (Å²) in [6, 6.07) is 7.13. The van der Waals surface area contributed by atoms with Crippen LogP contribution >= 0.6 is 0 Å². The molecule has 0 spiro atoms. The first-order valence-corrected chi connectivity index (χ1v) is 5.84. The van der Waals surface area contributed by atoms with Crippen LogP contribution in [0.3, 0.4) is 0 Å². The van der Waals surface area contributed by atoms with Crippen molar-refractivity contribution in [2.24, 2.45) is 5.73 Å². The lowest BCUT2D eigenvalue weighted by atomic mass is 10.1. The summed E-state index contributed by atoms with van der Waals surface area (Å²) < 4.78 is 0. The number of benzene rings is 1. The highest BCUT2D eigenvalue weighted by Gasteiger charge is 2.05. The second-order valence-electron chi connectivity index (χ2n) is 3.88. The van der Waals surface area contributed by atoms with Gasteiger partial charge in [-0.1, -0.05) is 17.9 Å². The summed E-state index contributed by atoms with van der Waals surface area (Å²) in [7, 11) is 0. The molecule has 0 aliphatic heterocycles. The van der Waals surface area contributed by atoms with Gasteiger partial charge in [-0.15, -0.1) is 0 Å². The number of carbonyl (C=O) groups is 1. The Balaban J connectivity index is 2.02. The fraction of sp³-hybridized carbons (Fsp3) is 0.143. The molecule has 5 nitrogen and oxygen atoms in total. The maximum absolute atomic E-state index is 12.0. The molecule has 0 saturated heterocycles. The third kappa shape index (κ3) is 3.69. The number of nitrogens with one attached hydrogen (secondary N) is 2. The Morgan fingerprint density at radius 1 is 1.47 bits per heavy atom. The lowest BCUT2D eigenvalue weighted by Gasteiger charge is -2.03. The predicted molar refractivity (Wildman–Crippen MR) is 72.1 cm³/mol. The topological polar surface area (TPSA) is 83.8 Å². The van der Waals surface area contributed by atoms with Gasteiger partial charge in [-0.05, 0) is 18.2 Å². The highest BCUT2D eigenvalue weighted by molar-refractivity contribution is 5.94. The molecule has 0 aliphatic carbocycles. The largest absolute Gasteiger partial charge is 0.348 e. The number of aromatic amines is 1. The molecule has 0 atom stereocenters. The van der Waals surface area contributed by atoms with Crippen molar-refractivity contribution < 1.29 is 4.79 Å². The Morgan fingerprint density at radius 3 is 3.11 bits per heavy atom. The molecule has 4 N–H and O–H groups in total. The van der Waals surface area contributed by atoms with Crippen LogP contribution in [-0.4, -0.2) is 22.6 Å². The van der Waals surface area contributed by atoms with E-state index < -0.39 is 0 Å². The van der Waals surface area contributed by atoms with Crippen LogP contribution in [0.25, 0.3) is 0 Å². The summed E-state index contributed by atoms with van der Waals surface area (Å²) in [5, 5.41) is 9.32. The number of rotatable bonds is 3. The lowest BCUT2D eigenvalue weighted by molar-refractivity contribution is 0.0951. The van der Waals surface area contributed by atoms with Gasteiger partial charge in [0.1, 0.15) is 0 Å². The Kier molecular flexibility index (Phi) is 4.32. The van der Waals surface area contributed by atoms with E-state index in [4.69, 9.17) is 5.73 Å². The molecule has 2 aromatic rings. The quantitative estimate of drug-likeness (QED) is 0.703. The number of nitrogens with two attached hydrogens (primary N) is 1. The van der Waals surface area contributed by atoms with E-state index in [0.717, 1.165) is 11.1 Å². The van der Waals surface area contributed by atoms with Crippen molar-refractivity contribution >= 4 is 5.91 Å². The van der Waals surface area contributed by atoms with Gasteiger partial charge >= 0.3 is 0 Å². The van der Waals surface area contributed by atoms with E-state index in [1.54, 1.807) is 30.6 Å². The van der Waals surface area contributed by atoms with Crippen LogP contribution in [0, 0.1) is 11.8 Å². The van der Waals surface area contributed by atoms with E-state index in [2.05, 4.69) is 27.4 Å². The number of nitrogens with zero attached hydrogens (tertiary/aromatic N) is 1. The van der Waals surface area contributed by atoms with Crippen LogP contribution in [0.2, 0.25) is 0 Å². The normalized spacial score (nSPS) is 9.53. The third-order valence-electron chi connectivity index (χ3n) is 2.47. The molecule has 1 heterocycles. The third-order valence-corrected chi connectivity index (χ3v) is 2.47. The van der Waals surface area contributed by atoms with Gasteiger partial charge in [-0.25, -0.2) is 0 Å². The van der Waals surface area contributed by atoms with Gasteiger partial charge in [0.15, 0.2) is 0 Å². The molecule has 0 radical (unpaired) electrons. The van der Waals surface area contributed by atoms with E-state index in [9.17, 15) is 4.79 Å². The summed E-state index contributed by atoms with van der Waals surface area (Å²) in [6.45, 7) is 0.741. The molecule has 2 rings (SSSR count). The standard InChI is InChI=1S/C14H14N4O/c15-6-2-4-11-3-1-5-13(7-11)14(19)16-8-12-9-17-18-10-12/h1,3,5,7,9-10H,6,8,15H2,(H,16,19)(H,17,18). The second kappa shape index (κ2) is 6.38. The molecule has 1 aromatic carbocycles. The number of hydrogen-bond acceptors (Lipinski definition) is 3. The molecule has 1 aromatic heterocycles. The highest BCUT2D eigenvalue weighted by Crippen LogP contribution is 2.04. The van der Waals surface area contributed by atoms with E-state index in [1.165, 1.54) is 0 Å². The van der Waals surface area contributed by atoms with Crippen molar-refractivity contribution in [1.29, 1.82) is 0 Å². The van der Waals surface area contributed by atoms with Crippen molar-refractivity contribution in [3.8, 4) is 11.8 Å². The Labute approximate surface area is 111 Å². The first kappa shape index (κ1) is 12.9. The molecule has 0 fully saturated rings. The molecule has 1 amide bonds. The Morgan fingerprint density at radius 2 is 2.37 bits per heavy atom. The molecule has 96 valence electrons. The molecule has 0 aliphatic rings. The van der Waals surface area contributed by atoms with E-state index in [0.29, 0.717) is 18.7 Å². The average Bonchev–Trinajstić information content (AvgIpc) is 2.96. The molecule has 5 heteroatoms. The van der Waals surface area contributed by atoms with Crippen LogP contribution in [0.5, 0.6) is 0 Å². The van der Waals surface area contributed by atoms with Crippen molar-refractivity contribution in [2.75, 3.05) is 6.54 Å². The number of H-pyrrole nitrogens is 1. The second-order valence-corrected chi connectivity index (χ2v) is 3.88. The number of hydrogen-bond donors (Lipinski definition) is 3. The molecule has 0 bridgehead atoms. The average molecular weight is 254 g/mol. The van der Waals surface area contributed by atoms with Gasteiger partial charge in [0.25, 0.3) is 5.91 Å². The number of aromatic nitrogens is 2. The van der Waals surface area contributed by atoms with E-state index in [1.807, 2.05) is 6.07 Å². The summed E-state index contributed by atoms with van der Waals surface area (Å²) in [5.74, 6) is 5.52. The summed E-state index contributed by atoms with van der Waals surface area (Å²) >= 11 is 0. The minimum absolute atomic E-state index is 0.141. The Bertz CT molecular complexity index is 608. The zero-order valence-corrected chi connectivity index (χ0v) is 10.3. The van der Waals surface area contributed by atoms with Gasteiger partial charge < -0.3 is 11.1 Å². The SMILES string of the molecule is NCC#Cc1cccc(C(=O)NCc2cn[nH]c2)c1. The first-order chi connectivity index (χ1) is 9.29. The maximum Gasteiger partial charge on any atom is 0.251 e. The predicted octanol–water partition coefficient (Wildman–Crippen LogP) is 0.650. The molecule has 19 heavy (non-hydrogen) atoms. The van der Waals surface area contributed by atoms with Crippen LogP contribution in [-0.2, 0) is 6.54 Å². The summed E-state index contributed by atoms with van der Waals surface area (Å²) in [6.07, 6.45) is 3.41. The van der Waals surface area contributed by atoms with Crippen molar-refractivity contribution in [3.63, 3.8) is 0 Å². The minimum atomic E-state index is -0.141. The van der Waals surface area contributed by atoms with Crippen LogP contribution in [0.4, 0.5) is 0 Å². The van der Waals surface area contributed by atoms with E-state index in [-0.39, 0.29) is 5.91 Å². The fourth-order valence-electron chi connectivity index (χ4n) is 1.55. The van der Waals surface area contributed by atoms with Crippen LogP contribution in [0.15, 0.2) is 36.7 Å². The van der Waals surface area contributed by atoms with Gasteiger partial charge in [-0.2, -0.15) is 5.10 Å². The van der Waals surface area contributed by atoms with Crippen molar-refractivity contribution in [1.82, 2.24) is 15.5 Å². The van der Waals surface area contributed by atoms with Crippen LogP contribution in [0.1, 0.15) is 21.5 Å².